The van der Waals surface area contributed by atoms with Gasteiger partial charge in [0.05, 0.1) is 6.10 Å². The Hall–Kier alpha value is -1.00. The molecule has 1 aliphatic rings. The van der Waals surface area contributed by atoms with Crippen molar-refractivity contribution in [2.75, 3.05) is 13.2 Å². The summed E-state index contributed by atoms with van der Waals surface area (Å²) in [7, 11) is 0. The molecular formula is C16H23F2NO. The number of rotatable bonds is 5. The van der Waals surface area contributed by atoms with Crippen molar-refractivity contribution in [2.24, 2.45) is 0 Å². The van der Waals surface area contributed by atoms with E-state index in [0.29, 0.717) is 18.5 Å². The Morgan fingerprint density at radius 3 is 2.80 bits per heavy atom. The summed E-state index contributed by atoms with van der Waals surface area (Å²) in [5.41, 5.74) is 0.634. The highest BCUT2D eigenvalue weighted by Crippen LogP contribution is 2.29. The summed E-state index contributed by atoms with van der Waals surface area (Å²) in [6.07, 6.45) is 3.88. The van der Waals surface area contributed by atoms with E-state index >= 15 is 0 Å². The molecule has 1 heterocycles. The van der Waals surface area contributed by atoms with Crippen LogP contribution < -0.4 is 5.32 Å². The maximum Gasteiger partial charge on any atom is 0.133 e. The van der Waals surface area contributed by atoms with Crippen molar-refractivity contribution >= 4 is 0 Å². The summed E-state index contributed by atoms with van der Waals surface area (Å²) in [6.45, 7) is 5.03. The molecular weight excluding hydrogens is 260 g/mol. The molecule has 0 aromatic heterocycles. The van der Waals surface area contributed by atoms with E-state index < -0.39 is 11.6 Å². The van der Waals surface area contributed by atoms with Gasteiger partial charge in [-0.25, -0.2) is 8.78 Å². The molecule has 1 aromatic rings. The summed E-state index contributed by atoms with van der Waals surface area (Å²) in [6, 6.07) is 2.50. The summed E-state index contributed by atoms with van der Waals surface area (Å²) < 4.78 is 34.0. The Kier molecular flexibility index (Phi) is 5.49. The Morgan fingerprint density at radius 2 is 2.15 bits per heavy atom. The minimum absolute atomic E-state index is 0.0899. The smallest absolute Gasteiger partial charge is 0.133 e. The van der Waals surface area contributed by atoms with Crippen molar-refractivity contribution in [2.45, 2.75) is 51.7 Å². The third-order valence-electron chi connectivity index (χ3n) is 3.89. The van der Waals surface area contributed by atoms with Crippen molar-refractivity contribution in [3.05, 3.63) is 34.9 Å². The second-order valence-corrected chi connectivity index (χ2v) is 5.43. The molecule has 2 unspecified atom stereocenters. The Labute approximate surface area is 119 Å². The number of aryl methyl sites for hydroxylation is 1. The first kappa shape index (κ1) is 15.4. The molecule has 2 atom stereocenters. The maximum atomic E-state index is 14.3. The van der Waals surface area contributed by atoms with E-state index in [9.17, 15) is 8.78 Å². The van der Waals surface area contributed by atoms with Crippen molar-refractivity contribution in [3.63, 3.8) is 0 Å². The van der Waals surface area contributed by atoms with E-state index in [2.05, 4.69) is 5.32 Å². The van der Waals surface area contributed by atoms with Gasteiger partial charge in [-0.05, 0) is 50.8 Å². The van der Waals surface area contributed by atoms with Crippen molar-refractivity contribution in [1.82, 2.24) is 5.32 Å². The largest absolute Gasteiger partial charge is 0.378 e. The van der Waals surface area contributed by atoms with Crippen LogP contribution in [0.3, 0.4) is 0 Å². The molecule has 1 fully saturated rings. The highest BCUT2D eigenvalue weighted by molar-refractivity contribution is 5.29. The SMILES string of the molecule is CCNC(CC1CCCCO1)c1c(F)ccc(C)c1F. The third-order valence-corrected chi connectivity index (χ3v) is 3.89. The molecule has 0 saturated carbocycles. The predicted molar refractivity (Wildman–Crippen MR) is 75.7 cm³/mol. The van der Waals surface area contributed by atoms with Gasteiger partial charge in [0.1, 0.15) is 11.6 Å². The Morgan fingerprint density at radius 1 is 1.35 bits per heavy atom. The molecule has 2 rings (SSSR count). The molecule has 1 aromatic carbocycles. The fourth-order valence-electron chi connectivity index (χ4n) is 2.80. The molecule has 0 aliphatic carbocycles. The molecule has 1 N–H and O–H groups in total. The molecule has 2 nitrogen and oxygen atoms in total. The zero-order valence-corrected chi connectivity index (χ0v) is 12.2. The van der Waals surface area contributed by atoms with Gasteiger partial charge in [-0.2, -0.15) is 0 Å². The summed E-state index contributed by atoms with van der Waals surface area (Å²) >= 11 is 0. The van der Waals surface area contributed by atoms with Crippen LogP contribution in [0.5, 0.6) is 0 Å². The second kappa shape index (κ2) is 7.14. The normalized spacial score (nSPS) is 20.9. The van der Waals surface area contributed by atoms with Crippen molar-refractivity contribution in [1.29, 1.82) is 0 Å². The van der Waals surface area contributed by atoms with E-state index in [1.54, 1.807) is 6.92 Å². The molecule has 0 radical (unpaired) electrons. The Bertz CT molecular complexity index is 444. The standard InChI is InChI=1S/C16H23F2NO/c1-3-19-14(10-12-6-4-5-9-20-12)15-13(17)8-7-11(2)16(15)18/h7-8,12,14,19H,3-6,9-10H2,1-2H3. The van der Waals surface area contributed by atoms with Gasteiger partial charge in [0, 0.05) is 18.2 Å². The summed E-state index contributed by atoms with van der Waals surface area (Å²) in [5, 5.41) is 3.20. The second-order valence-electron chi connectivity index (χ2n) is 5.43. The van der Waals surface area contributed by atoms with E-state index in [0.717, 1.165) is 25.9 Å². The Balaban J connectivity index is 2.21. The van der Waals surface area contributed by atoms with Crippen LogP contribution in [0.4, 0.5) is 8.78 Å². The van der Waals surface area contributed by atoms with Crippen LogP contribution in [0.1, 0.15) is 49.8 Å². The van der Waals surface area contributed by atoms with Crippen molar-refractivity contribution in [3.8, 4) is 0 Å². The lowest BCUT2D eigenvalue weighted by molar-refractivity contribution is 0.00473. The van der Waals surface area contributed by atoms with Crippen molar-refractivity contribution < 1.29 is 13.5 Å². The van der Waals surface area contributed by atoms with E-state index in [1.807, 2.05) is 6.92 Å². The van der Waals surface area contributed by atoms with Crippen LogP contribution >= 0.6 is 0 Å². The zero-order chi connectivity index (χ0) is 14.5. The van der Waals surface area contributed by atoms with E-state index in [1.165, 1.54) is 12.1 Å². The highest BCUT2D eigenvalue weighted by atomic mass is 19.1. The van der Waals surface area contributed by atoms with Gasteiger partial charge in [0.2, 0.25) is 0 Å². The van der Waals surface area contributed by atoms with E-state index in [-0.39, 0.29) is 17.7 Å². The van der Waals surface area contributed by atoms with Gasteiger partial charge in [-0.1, -0.05) is 13.0 Å². The number of ether oxygens (including phenoxy) is 1. The molecule has 20 heavy (non-hydrogen) atoms. The molecule has 0 bridgehead atoms. The molecule has 4 heteroatoms. The minimum Gasteiger partial charge on any atom is -0.378 e. The molecule has 1 saturated heterocycles. The number of benzene rings is 1. The van der Waals surface area contributed by atoms with Gasteiger partial charge in [-0.15, -0.1) is 0 Å². The first-order chi connectivity index (χ1) is 9.63. The van der Waals surface area contributed by atoms with Crippen LogP contribution in [0.15, 0.2) is 12.1 Å². The van der Waals surface area contributed by atoms with Crippen LogP contribution in [0.25, 0.3) is 0 Å². The minimum atomic E-state index is -0.477. The third kappa shape index (κ3) is 3.55. The number of hydrogen-bond acceptors (Lipinski definition) is 2. The summed E-state index contributed by atoms with van der Waals surface area (Å²) in [5.74, 6) is -0.915. The first-order valence-corrected chi connectivity index (χ1v) is 7.43. The average molecular weight is 283 g/mol. The van der Waals surface area contributed by atoms with Gasteiger partial charge >= 0.3 is 0 Å². The maximum absolute atomic E-state index is 14.3. The van der Waals surface area contributed by atoms with E-state index in [4.69, 9.17) is 4.74 Å². The number of halogens is 2. The van der Waals surface area contributed by atoms with Crippen LogP contribution in [-0.2, 0) is 4.74 Å². The van der Waals surface area contributed by atoms with Gasteiger partial charge in [-0.3, -0.25) is 0 Å². The topological polar surface area (TPSA) is 21.3 Å². The first-order valence-electron chi connectivity index (χ1n) is 7.43. The lowest BCUT2D eigenvalue weighted by atomic mass is 9.94. The molecule has 0 amide bonds. The fraction of sp³-hybridized carbons (Fsp3) is 0.625. The zero-order valence-electron chi connectivity index (χ0n) is 12.2. The lowest BCUT2D eigenvalue weighted by Gasteiger charge is -2.28. The van der Waals surface area contributed by atoms with Gasteiger partial charge in [0.15, 0.2) is 0 Å². The van der Waals surface area contributed by atoms with Crippen LogP contribution in [-0.4, -0.2) is 19.3 Å². The number of nitrogens with one attached hydrogen (secondary N) is 1. The van der Waals surface area contributed by atoms with Crippen LogP contribution in [0, 0.1) is 18.6 Å². The van der Waals surface area contributed by atoms with Gasteiger partial charge in [0.25, 0.3) is 0 Å². The number of hydrogen-bond donors (Lipinski definition) is 1. The van der Waals surface area contributed by atoms with Crippen LogP contribution in [0.2, 0.25) is 0 Å². The fourth-order valence-corrected chi connectivity index (χ4v) is 2.80. The van der Waals surface area contributed by atoms with Gasteiger partial charge < -0.3 is 10.1 Å². The highest BCUT2D eigenvalue weighted by Gasteiger charge is 2.25. The predicted octanol–water partition coefficient (Wildman–Crippen LogP) is 3.88. The quantitative estimate of drug-likeness (QED) is 0.885. The average Bonchev–Trinajstić information content (AvgIpc) is 2.45. The monoisotopic (exact) mass is 283 g/mol. The molecule has 1 aliphatic heterocycles. The lowest BCUT2D eigenvalue weighted by Crippen LogP contribution is -2.30. The molecule has 0 spiro atoms. The summed E-state index contributed by atoms with van der Waals surface area (Å²) in [4.78, 5) is 0. The molecule has 112 valence electrons.